The molecule has 1 aliphatic rings. The van der Waals surface area contributed by atoms with Gasteiger partial charge in [0.05, 0.1) is 18.8 Å². The van der Waals surface area contributed by atoms with Crippen molar-refractivity contribution in [3.63, 3.8) is 0 Å². The first kappa shape index (κ1) is 13.9. The first-order chi connectivity index (χ1) is 8.92. The molecule has 0 bridgehead atoms. The van der Waals surface area contributed by atoms with E-state index in [-0.39, 0.29) is 23.9 Å². The maximum atomic E-state index is 11.9. The molecule has 0 aliphatic carbocycles. The lowest BCUT2D eigenvalue weighted by Gasteiger charge is -2.19. The van der Waals surface area contributed by atoms with Crippen LogP contribution in [-0.4, -0.2) is 40.7 Å². The molecule has 1 atom stereocenters. The summed E-state index contributed by atoms with van der Waals surface area (Å²) in [6.07, 6.45) is 0.482. The summed E-state index contributed by atoms with van der Waals surface area (Å²) in [5.41, 5.74) is 5.37. The third-order valence-electron chi connectivity index (χ3n) is 2.94. The zero-order chi connectivity index (χ0) is 14.0. The Morgan fingerprint density at radius 3 is 2.89 bits per heavy atom. The molecule has 1 aromatic rings. The van der Waals surface area contributed by atoms with Crippen LogP contribution >= 0.6 is 11.3 Å². The van der Waals surface area contributed by atoms with Crippen molar-refractivity contribution in [1.82, 2.24) is 10.3 Å². The summed E-state index contributed by atoms with van der Waals surface area (Å²) >= 11 is 1.05. The molecular formula is C11H15N3O4S. The molecule has 7 nitrogen and oxygen atoms in total. The summed E-state index contributed by atoms with van der Waals surface area (Å²) in [4.78, 5) is 27.1. The Morgan fingerprint density at radius 2 is 2.37 bits per heavy atom. The monoisotopic (exact) mass is 285 g/mol. The molecule has 1 amide bonds. The van der Waals surface area contributed by atoms with Crippen molar-refractivity contribution < 1.29 is 19.4 Å². The minimum Gasteiger partial charge on any atom is -0.477 e. The van der Waals surface area contributed by atoms with Gasteiger partial charge in [-0.3, -0.25) is 4.79 Å². The number of thiazole rings is 1. The number of rotatable bonds is 4. The van der Waals surface area contributed by atoms with Crippen LogP contribution in [0, 0.1) is 6.92 Å². The SMILES string of the molecule is Cc1nc(CNC(=O)C2(N)CCOC2)sc1C(=O)O. The van der Waals surface area contributed by atoms with Gasteiger partial charge in [0.2, 0.25) is 5.91 Å². The van der Waals surface area contributed by atoms with E-state index >= 15 is 0 Å². The number of ether oxygens (including phenoxy) is 1. The molecule has 2 heterocycles. The molecule has 0 spiro atoms. The van der Waals surface area contributed by atoms with Crippen molar-refractivity contribution >= 4 is 23.2 Å². The Balaban J connectivity index is 1.97. The third kappa shape index (κ3) is 2.91. The molecule has 0 saturated carbocycles. The number of carboxylic acids is 1. The molecule has 19 heavy (non-hydrogen) atoms. The average molecular weight is 285 g/mol. The number of nitrogens with zero attached hydrogens (tertiary/aromatic N) is 1. The molecule has 104 valence electrons. The summed E-state index contributed by atoms with van der Waals surface area (Å²) < 4.78 is 5.11. The van der Waals surface area contributed by atoms with Crippen molar-refractivity contribution in [1.29, 1.82) is 0 Å². The van der Waals surface area contributed by atoms with E-state index < -0.39 is 11.5 Å². The first-order valence-electron chi connectivity index (χ1n) is 5.77. The van der Waals surface area contributed by atoms with Crippen LogP contribution in [0.3, 0.4) is 0 Å². The van der Waals surface area contributed by atoms with Crippen molar-refractivity contribution in [3.05, 3.63) is 15.6 Å². The number of aromatic nitrogens is 1. The fraction of sp³-hybridized carbons (Fsp3) is 0.545. The van der Waals surface area contributed by atoms with Crippen molar-refractivity contribution in [2.75, 3.05) is 13.2 Å². The van der Waals surface area contributed by atoms with Crippen LogP contribution < -0.4 is 11.1 Å². The number of nitrogens with one attached hydrogen (secondary N) is 1. The second-order valence-corrected chi connectivity index (χ2v) is 5.55. The normalized spacial score (nSPS) is 22.4. The minimum atomic E-state index is -1.01. The number of aromatic carboxylic acids is 1. The molecule has 0 aromatic carbocycles. The number of carboxylic acid groups (broad SMARTS) is 1. The van der Waals surface area contributed by atoms with E-state index in [4.69, 9.17) is 15.6 Å². The zero-order valence-corrected chi connectivity index (χ0v) is 11.2. The lowest BCUT2D eigenvalue weighted by molar-refractivity contribution is -0.126. The van der Waals surface area contributed by atoms with Crippen LogP contribution in [0.4, 0.5) is 0 Å². The number of hydrogen-bond donors (Lipinski definition) is 3. The van der Waals surface area contributed by atoms with Crippen molar-refractivity contribution in [3.8, 4) is 0 Å². The fourth-order valence-corrected chi connectivity index (χ4v) is 2.66. The quantitative estimate of drug-likeness (QED) is 0.710. The minimum absolute atomic E-state index is 0.177. The summed E-state index contributed by atoms with van der Waals surface area (Å²) in [5.74, 6) is -1.30. The molecule has 4 N–H and O–H groups in total. The predicted molar refractivity (Wildman–Crippen MR) is 68.0 cm³/mol. The number of amides is 1. The standard InChI is InChI=1S/C11H15N3O4S/c1-6-8(9(15)16)19-7(14-6)4-13-10(17)11(12)2-3-18-5-11/h2-5,12H2,1H3,(H,13,17)(H,15,16). The lowest BCUT2D eigenvalue weighted by Crippen LogP contribution is -2.54. The van der Waals surface area contributed by atoms with Gasteiger partial charge in [-0.05, 0) is 13.3 Å². The third-order valence-corrected chi connectivity index (χ3v) is 4.09. The summed E-state index contributed by atoms with van der Waals surface area (Å²) in [6.45, 7) is 2.48. The van der Waals surface area contributed by atoms with Gasteiger partial charge in [0.15, 0.2) is 0 Å². The van der Waals surface area contributed by atoms with E-state index in [1.165, 1.54) is 0 Å². The molecule has 2 rings (SSSR count). The number of carbonyl (C=O) groups excluding carboxylic acids is 1. The van der Waals surface area contributed by atoms with Crippen LogP contribution in [-0.2, 0) is 16.1 Å². The van der Waals surface area contributed by atoms with E-state index in [2.05, 4.69) is 10.3 Å². The molecule has 1 saturated heterocycles. The molecule has 1 fully saturated rings. The highest BCUT2D eigenvalue weighted by molar-refractivity contribution is 7.13. The van der Waals surface area contributed by atoms with Crippen LogP contribution in [0.5, 0.6) is 0 Å². The molecule has 1 aliphatic heterocycles. The fourth-order valence-electron chi connectivity index (χ4n) is 1.82. The lowest BCUT2D eigenvalue weighted by atomic mass is 9.99. The largest absolute Gasteiger partial charge is 0.477 e. The predicted octanol–water partition coefficient (Wildman–Crippen LogP) is -0.116. The maximum absolute atomic E-state index is 11.9. The number of carbonyl (C=O) groups is 2. The van der Waals surface area contributed by atoms with E-state index in [9.17, 15) is 9.59 Å². The molecule has 8 heteroatoms. The average Bonchev–Trinajstić information content (AvgIpc) is 2.93. The van der Waals surface area contributed by atoms with Crippen LogP contribution in [0.25, 0.3) is 0 Å². The number of nitrogens with two attached hydrogens (primary N) is 1. The molecule has 1 aromatic heterocycles. The first-order valence-corrected chi connectivity index (χ1v) is 6.58. The maximum Gasteiger partial charge on any atom is 0.347 e. The number of hydrogen-bond acceptors (Lipinski definition) is 6. The Hall–Kier alpha value is -1.51. The van der Waals surface area contributed by atoms with E-state index in [1.54, 1.807) is 6.92 Å². The second kappa shape index (κ2) is 5.24. The smallest absolute Gasteiger partial charge is 0.347 e. The molecule has 0 radical (unpaired) electrons. The highest BCUT2D eigenvalue weighted by atomic mass is 32.1. The molecular weight excluding hydrogens is 270 g/mol. The zero-order valence-electron chi connectivity index (χ0n) is 10.4. The van der Waals surface area contributed by atoms with E-state index in [1.807, 2.05) is 0 Å². The van der Waals surface area contributed by atoms with Crippen LogP contribution in [0.2, 0.25) is 0 Å². The topological polar surface area (TPSA) is 115 Å². The summed E-state index contributed by atoms with van der Waals surface area (Å²) in [5, 5.41) is 12.1. The van der Waals surface area contributed by atoms with Gasteiger partial charge in [-0.1, -0.05) is 0 Å². The van der Waals surface area contributed by atoms with Gasteiger partial charge in [0.25, 0.3) is 0 Å². The van der Waals surface area contributed by atoms with Crippen molar-refractivity contribution in [2.24, 2.45) is 5.73 Å². The Labute approximate surface area is 113 Å². The van der Waals surface area contributed by atoms with Crippen LogP contribution in [0.15, 0.2) is 0 Å². The highest BCUT2D eigenvalue weighted by Gasteiger charge is 2.38. The van der Waals surface area contributed by atoms with Gasteiger partial charge >= 0.3 is 5.97 Å². The van der Waals surface area contributed by atoms with Gasteiger partial charge < -0.3 is 20.9 Å². The Bertz CT molecular complexity index is 508. The van der Waals surface area contributed by atoms with Gasteiger partial charge in [0, 0.05) is 6.61 Å². The van der Waals surface area contributed by atoms with E-state index in [0.717, 1.165) is 11.3 Å². The number of aryl methyl sites for hydroxylation is 1. The Kier molecular flexibility index (Phi) is 3.83. The highest BCUT2D eigenvalue weighted by Crippen LogP contribution is 2.19. The summed E-state index contributed by atoms with van der Waals surface area (Å²) in [6, 6.07) is 0. The molecule has 1 unspecified atom stereocenters. The van der Waals surface area contributed by atoms with Gasteiger partial charge in [-0.15, -0.1) is 11.3 Å². The van der Waals surface area contributed by atoms with E-state index in [0.29, 0.717) is 23.7 Å². The second-order valence-electron chi connectivity index (χ2n) is 4.47. The van der Waals surface area contributed by atoms with Gasteiger partial charge in [-0.25, -0.2) is 9.78 Å². The summed E-state index contributed by atoms with van der Waals surface area (Å²) in [7, 11) is 0. The van der Waals surface area contributed by atoms with Crippen molar-refractivity contribution in [2.45, 2.75) is 25.4 Å². The van der Waals surface area contributed by atoms with Crippen LogP contribution in [0.1, 0.15) is 26.8 Å². The van der Waals surface area contributed by atoms with Gasteiger partial charge in [0.1, 0.15) is 15.4 Å². The van der Waals surface area contributed by atoms with Gasteiger partial charge in [-0.2, -0.15) is 0 Å². The Morgan fingerprint density at radius 1 is 1.63 bits per heavy atom.